The number of ether oxygens (including phenoxy) is 2. The van der Waals surface area contributed by atoms with Crippen LogP contribution >= 0.6 is 15.9 Å². The second-order valence-corrected chi connectivity index (χ2v) is 8.08. The molecule has 0 heterocycles. The van der Waals surface area contributed by atoms with E-state index in [2.05, 4.69) is 26.6 Å². The zero-order valence-corrected chi connectivity index (χ0v) is 20.2. The van der Waals surface area contributed by atoms with E-state index in [0.717, 1.165) is 5.56 Å². The molecule has 3 aromatic carbocycles. The molecule has 0 bridgehead atoms. The van der Waals surface area contributed by atoms with E-state index in [1.807, 2.05) is 43.3 Å². The average Bonchev–Trinajstić information content (AvgIpc) is 2.83. The molecule has 3 aromatic rings. The highest BCUT2D eigenvalue weighted by Crippen LogP contribution is 2.37. The third kappa shape index (κ3) is 6.70. The number of methoxy groups -OCH3 is 1. The van der Waals surface area contributed by atoms with Gasteiger partial charge < -0.3 is 20.1 Å². The third-order valence-corrected chi connectivity index (χ3v) is 5.23. The van der Waals surface area contributed by atoms with Crippen molar-refractivity contribution in [3.05, 3.63) is 87.9 Å². The van der Waals surface area contributed by atoms with Crippen LogP contribution in [0.4, 0.5) is 11.4 Å². The molecule has 34 heavy (non-hydrogen) atoms. The lowest BCUT2D eigenvalue weighted by molar-refractivity contribution is -0.118. The van der Waals surface area contributed by atoms with Crippen molar-refractivity contribution < 1.29 is 19.1 Å². The van der Waals surface area contributed by atoms with Crippen LogP contribution in [0.25, 0.3) is 6.08 Å². The zero-order chi connectivity index (χ0) is 24.5. The van der Waals surface area contributed by atoms with Crippen LogP contribution in [0.1, 0.15) is 11.1 Å². The van der Waals surface area contributed by atoms with Crippen LogP contribution in [0.3, 0.4) is 0 Å². The second-order valence-electron chi connectivity index (χ2n) is 7.23. The molecule has 0 aliphatic heterocycles. The van der Waals surface area contributed by atoms with Crippen LogP contribution in [0, 0.1) is 18.3 Å². The molecule has 0 saturated heterocycles. The summed E-state index contributed by atoms with van der Waals surface area (Å²) in [6.07, 6.45) is 1.45. The second kappa shape index (κ2) is 11.7. The quantitative estimate of drug-likeness (QED) is 0.309. The highest BCUT2D eigenvalue weighted by atomic mass is 79.9. The number of nitrogens with zero attached hydrogens (tertiary/aromatic N) is 1. The van der Waals surface area contributed by atoms with E-state index in [0.29, 0.717) is 32.9 Å². The van der Waals surface area contributed by atoms with Gasteiger partial charge in [0, 0.05) is 11.4 Å². The summed E-state index contributed by atoms with van der Waals surface area (Å²) in [6, 6.07) is 21.5. The number of hydrogen-bond donors (Lipinski definition) is 2. The summed E-state index contributed by atoms with van der Waals surface area (Å²) in [6.45, 7) is 1.71. The highest BCUT2D eigenvalue weighted by Gasteiger charge is 2.15. The van der Waals surface area contributed by atoms with Gasteiger partial charge in [0.1, 0.15) is 11.6 Å². The molecule has 2 amide bonds. The van der Waals surface area contributed by atoms with Gasteiger partial charge in [0.15, 0.2) is 18.1 Å². The van der Waals surface area contributed by atoms with E-state index in [4.69, 9.17) is 9.47 Å². The summed E-state index contributed by atoms with van der Waals surface area (Å²) in [4.78, 5) is 24.8. The smallest absolute Gasteiger partial charge is 0.266 e. The third-order valence-electron chi connectivity index (χ3n) is 4.64. The van der Waals surface area contributed by atoms with Crippen molar-refractivity contribution in [2.45, 2.75) is 6.92 Å². The Morgan fingerprint density at radius 1 is 1.03 bits per heavy atom. The standard InChI is InChI=1S/C26H22BrN3O4/c1-17-8-10-21(11-9-17)30-26(32)19(15-28)12-18-13-22(27)25(23(14-18)33-2)34-16-24(31)29-20-6-4-3-5-7-20/h3-14H,16H2,1-2H3,(H,29,31)(H,30,32)/b19-12+. The van der Waals surface area contributed by atoms with Crippen LogP contribution in [0.5, 0.6) is 11.5 Å². The van der Waals surface area contributed by atoms with Crippen molar-refractivity contribution >= 4 is 45.2 Å². The maximum atomic E-state index is 12.6. The fourth-order valence-electron chi connectivity index (χ4n) is 2.97. The van der Waals surface area contributed by atoms with E-state index in [1.165, 1.54) is 13.2 Å². The number of carbonyl (C=O) groups excluding carboxylic acids is 2. The Balaban J connectivity index is 1.73. The van der Waals surface area contributed by atoms with Crippen LogP contribution < -0.4 is 20.1 Å². The molecule has 0 saturated carbocycles. The number of aryl methyl sites for hydroxylation is 1. The number of rotatable bonds is 8. The van der Waals surface area contributed by atoms with Crippen molar-refractivity contribution in [2.75, 3.05) is 24.4 Å². The van der Waals surface area contributed by atoms with Crippen molar-refractivity contribution in [3.8, 4) is 17.6 Å². The summed E-state index contributed by atoms with van der Waals surface area (Å²) in [7, 11) is 1.46. The lowest BCUT2D eigenvalue weighted by atomic mass is 10.1. The fourth-order valence-corrected chi connectivity index (χ4v) is 3.54. The molecule has 0 atom stereocenters. The van der Waals surface area contributed by atoms with E-state index >= 15 is 0 Å². The number of anilines is 2. The summed E-state index contributed by atoms with van der Waals surface area (Å²) < 4.78 is 11.6. The van der Waals surface area contributed by atoms with Gasteiger partial charge in [-0.25, -0.2) is 0 Å². The normalized spacial score (nSPS) is 10.7. The Morgan fingerprint density at radius 3 is 2.35 bits per heavy atom. The summed E-state index contributed by atoms with van der Waals surface area (Å²) in [5.41, 5.74) is 2.78. The highest BCUT2D eigenvalue weighted by molar-refractivity contribution is 9.10. The van der Waals surface area contributed by atoms with E-state index in [1.54, 1.807) is 36.4 Å². The number of hydrogen-bond acceptors (Lipinski definition) is 5. The first-order chi connectivity index (χ1) is 16.4. The molecule has 2 N–H and O–H groups in total. The van der Waals surface area contributed by atoms with Gasteiger partial charge in [-0.1, -0.05) is 35.9 Å². The molecule has 0 radical (unpaired) electrons. The molecule has 8 heteroatoms. The molecule has 0 spiro atoms. The van der Waals surface area contributed by atoms with Crippen LogP contribution in [-0.2, 0) is 9.59 Å². The minimum Gasteiger partial charge on any atom is -0.493 e. The zero-order valence-electron chi connectivity index (χ0n) is 18.6. The molecule has 3 rings (SSSR count). The van der Waals surface area contributed by atoms with Gasteiger partial charge in [-0.3, -0.25) is 9.59 Å². The monoisotopic (exact) mass is 519 g/mol. The first-order valence-electron chi connectivity index (χ1n) is 10.2. The van der Waals surface area contributed by atoms with Gasteiger partial charge >= 0.3 is 0 Å². The Morgan fingerprint density at radius 2 is 1.71 bits per heavy atom. The van der Waals surface area contributed by atoms with Gasteiger partial charge in [-0.05, 0) is 70.9 Å². The Bertz CT molecular complexity index is 1250. The first-order valence-corrected chi connectivity index (χ1v) is 11.0. The van der Waals surface area contributed by atoms with Crippen LogP contribution in [0.2, 0.25) is 0 Å². The number of para-hydroxylation sites is 1. The lowest BCUT2D eigenvalue weighted by Gasteiger charge is -2.14. The van der Waals surface area contributed by atoms with Crippen molar-refractivity contribution in [1.29, 1.82) is 5.26 Å². The first kappa shape index (κ1) is 24.6. The molecular formula is C26H22BrN3O4. The number of carbonyl (C=O) groups is 2. The van der Waals surface area contributed by atoms with Gasteiger partial charge in [-0.15, -0.1) is 0 Å². The van der Waals surface area contributed by atoms with E-state index < -0.39 is 5.91 Å². The van der Waals surface area contributed by atoms with Crippen molar-refractivity contribution in [3.63, 3.8) is 0 Å². The predicted molar refractivity (Wildman–Crippen MR) is 135 cm³/mol. The summed E-state index contributed by atoms with van der Waals surface area (Å²) in [5.74, 6) is -0.196. The largest absolute Gasteiger partial charge is 0.493 e. The SMILES string of the molecule is COc1cc(/C=C(\C#N)C(=O)Nc2ccc(C)cc2)cc(Br)c1OCC(=O)Nc1ccccc1. The maximum Gasteiger partial charge on any atom is 0.266 e. The van der Waals surface area contributed by atoms with Crippen LogP contribution in [0.15, 0.2) is 76.8 Å². The van der Waals surface area contributed by atoms with E-state index in [9.17, 15) is 14.9 Å². The molecule has 7 nitrogen and oxygen atoms in total. The molecule has 0 fully saturated rings. The number of benzene rings is 3. The number of nitriles is 1. The molecule has 0 aliphatic carbocycles. The number of nitrogens with one attached hydrogen (secondary N) is 2. The van der Waals surface area contributed by atoms with Gasteiger partial charge in [0.2, 0.25) is 0 Å². The van der Waals surface area contributed by atoms with Crippen molar-refractivity contribution in [1.82, 2.24) is 0 Å². The average molecular weight is 520 g/mol. The molecule has 0 aliphatic rings. The topological polar surface area (TPSA) is 100 Å². The molecule has 172 valence electrons. The number of amides is 2. The summed E-state index contributed by atoms with van der Waals surface area (Å²) >= 11 is 3.42. The Labute approximate surface area is 206 Å². The number of halogens is 1. The lowest BCUT2D eigenvalue weighted by Crippen LogP contribution is -2.20. The fraction of sp³-hybridized carbons (Fsp3) is 0.115. The minimum atomic E-state index is -0.528. The maximum absolute atomic E-state index is 12.6. The molecule has 0 unspecified atom stereocenters. The predicted octanol–water partition coefficient (Wildman–Crippen LogP) is 5.33. The Kier molecular flexibility index (Phi) is 8.43. The minimum absolute atomic E-state index is 0.0783. The van der Waals surface area contributed by atoms with E-state index in [-0.39, 0.29) is 18.1 Å². The summed E-state index contributed by atoms with van der Waals surface area (Å²) in [5, 5.41) is 15.0. The van der Waals surface area contributed by atoms with Crippen LogP contribution in [-0.4, -0.2) is 25.5 Å². The van der Waals surface area contributed by atoms with Gasteiger partial charge in [0.05, 0.1) is 11.6 Å². The Hall–Kier alpha value is -4.09. The molecular weight excluding hydrogens is 498 g/mol. The van der Waals surface area contributed by atoms with Gasteiger partial charge in [0.25, 0.3) is 11.8 Å². The van der Waals surface area contributed by atoms with Gasteiger partial charge in [-0.2, -0.15) is 5.26 Å². The van der Waals surface area contributed by atoms with Crippen molar-refractivity contribution in [2.24, 2.45) is 0 Å². The molecule has 0 aromatic heterocycles.